The summed E-state index contributed by atoms with van der Waals surface area (Å²) in [5.41, 5.74) is 1.10. The van der Waals surface area contributed by atoms with Gasteiger partial charge in [-0.2, -0.15) is 0 Å². The zero-order chi connectivity index (χ0) is 13.8. The third kappa shape index (κ3) is 3.79. The Balaban J connectivity index is 2.03. The molecule has 1 fully saturated rings. The Hall–Kier alpha value is -0.890. The van der Waals surface area contributed by atoms with E-state index in [1.807, 2.05) is 0 Å². The van der Waals surface area contributed by atoms with Gasteiger partial charge in [0.05, 0.1) is 4.92 Å². The zero-order valence-electron chi connectivity index (χ0n) is 10.8. The Morgan fingerprint density at radius 2 is 2.16 bits per heavy atom. The first-order valence-corrected chi connectivity index (χ1v) is 7.44. The molecule has 1 saturated heterocycles. The van der Waals surface area contributed by atoms with E-state index in [1.165, 1.54) is 0 Å². The number of rotatable bonds is 4. The number of hydrogen-bond donors (Lipinski definition) is 1. The Bertz CT molecular complexity index is 461. The van der Waals surface area contributed by atoms with Crippen molar-refractivity contribution in [2.45, 2.75) is 25.8 Å². The summed E-state index contributed by atoms with van der Waals surface area (Å²) in [5, 5.41) is 14.2. The van der Waals surface area contributed by atoms with Crippen molar-refractivity contribution >= 4 is 34.0 Å². The van der Waals surface area contributed by atoms with Gasteiger partial charge in [0.15, 0.2) is 0 Å². The number of nitrogens with zero attached hydrogens (tertiary/aromatic N) is 1. The van der Waals surface area contributed by atoms with Crippen LogP contribution in [0.4, 0.5) is 11.4 Å². The van der Waals surface area contributed by atoms with Gasteiger partial charge in [0.2, 0.25) is 0 Å². The van der Waals surface area contributed by atoms with Crippen molar-refractivity contribution in [3.05, 3.63) is 31.9 Å². The van der Waals surface area contributed by atoms with Crippen molar-refractivity contribution in [2.75, 3.05) is 18.5 Å². The number of benzene rings is 1. The average Bonchev–Trinajstić information content (AvgIpc) is 2.41. The van der Waals surface area contributed by atoms with Crippen molar-refractivity contribution in [3.8, 4) is 0 Å². The van der Waals surface area contributed by atoms with Crippen molar-refractivity contribution in [2.24, 2.45) is 5.92 Å². The number of nitrogens with one attached hydrogen (secondary N) is 1. The molecule has 0 aromatic heterocycles. The normalized spacial score (nSPS) is 18.0. The van der Waals surface area contributed by atoms with Gasteiger partial charge < -0.3 is 10.1 Å². The Morgan fingerprint density at radius 3 is 2.74 bits per heavy atom. The molecule has 19 heavy (non-hydrogen) atoms. The summed E-state index contributed by atoms with van der Waals surface area (Å²) in [6.45, 7) is 3.82. The third-order valence-corrected chi connectivity index (χ3v) is 4.41. The molecule has 1 heterocycles. The fraction of sp³-hybridized carbons (Fsp3) is 0.538. The van der Waals surface area contributed by atoms with Crippen LogP contribution >= 0.6 is 22.6 Å². The van der Waals surface area contributed by atoms with Gasteiger partial charge in [0.25, 0.3) is 5.69 Å². The molecule has 104 valence electrons. The molecule has 1 aliphatic rings. The first kappa shape index (κ1) is 14.5. The quantitative estimate of drug-likeness (QED) is 0.497. The molecule has 1 aliphatic heterocycles. The standard InChI is InChI=1S/C13H17IN2O3/c1-9(10-4-6-19-7-5-10)15-13-3-2-11(16(17)18)8-12(13)14/h2-3,8-10,15H,4-7H2,1H3. The number of nitro benzene ring substituents is 1. The number of nitro groups is 1. The van der Waals surface area contributed by atoms with E-state index in [1.54, 1.807) is 18.2 Å². The smallest absolute Gasteiger partial charge is 0.270 e. The largest absolute Gasteiger partial charge is 0.381 e. The van der Waals surface area contributed by atoms with Crippen LogP contribution in [-0.4, -0.2) is 24.2 Å². The van der Waals surface area contributed by atoms with Gasteiger partial charge in [-0.1, -0.05) is 0 Å². The van der Waals surface area contributed by atoms with Gasteiger partial charge in [-0.05, 0) is 54.3 Å². The van der Waals surface area contributed by atoms with Crippen LogP contribution in [0.15, 0.2) is 18.2 Å². The van der Waals surface area contributed by atoms with Crippen LogP contribution in [-0.2, 0) is 4.74 Å². The van der Waals surface area contributed by atoms with Crippen molar-refractivity contribution in [1.82, 2.24) is 0 Å². The molecule has 1 aromatic carbocycles. The minimum Gasteiger partial charge on any atom is -0.381 e. The van der Waals surface area contributed by atoms with E-state index < -0.39 is 0 Å². The predicted molar refractivity (Wildman–Crippen MR) is 82.4 cm³/mol. The van der Waals surface area contributed by atoms with Crippen LogP contribution in [0.1, 0.15) is 19.8 Å². The summed E-state index contributed by atoms with van der Waals surface area (Å²) in [4.78, 5) is 10.3. The molecule has 0 radical (unpaired) electrons. The highest BCUT2D eigenvalue weighted by Crippen LogP contribution is 2.27. The number of hydrogen-bond acceptors (Lipinski definition) is 4. The SMILES string of the molecule is CC(Nc1ccc([N+](=O)[O-])cc1I)C1CCOCC1. The minimum atomic E-state index is -0.367. The van der Waals surface area contributed by atoms with Crippen LogP contribution in [0.5, 0.6) is 0 Å². The van der Waals surface area contributed by atoms with E-state index >= 15 is 0 Å². The molecule has 0 aliphatic carbocycles. The highest BCUT2D eigenvalue weighted by atomic mass is 127. The molecule has 0 spiro atoms. The maximum absolute atomic E-state index is 10.7. The average molecular weight is 376 g/mol. The molecular formula is C13H17IN2O3. The van der Waals surface area contributed by atoms with Crippen LogP contribution in [0.25, 0.3) is 0 Å². The molecule has 6 heteroatoms. The Morgan fingerprint density at radius 1 is 1.47 bits per heavy atom. The van der Waals surface area contributed by atoms with Crippen LogP contribution in [0.3, 0.4) is 0 Å². The second-order valence-corrected chi connectivity index (χ2v) is 5.97. The lowest BCUT2D eigenvalue weighted by molar-refractivity contribution is -0.384. The van der Waals surface area contributed by atoms with Gasteiger partial charge in [0, 0.05) is 40.6 Å². The first-order valence-electron chi connectivity index (χ1n) is 6.36. The maximum Gasteiger partial charge on any atom is 0.270 e. The third-order valence-electron chi connectivity index (χ3n) is 3.52. The highest BCUT2D eigenvalue weighted by Gasteiger charge is 2.21. The highest BCUT2D eigenvalue weighted by molar-refractivity contribution is 14.1. The van der Waals surface area contributed by atoms with Gasteiger partial charge >= 0.3 is 0 Å². The first-order chi connectivity index (χ1) is 9.08. The molecular weight excluding hydrogens is 359 g/mol. The summed E-state index contributed by atoms with van der Waals surface area (Å²) in [6, 6.07) is 5.27. The molecule has 1 unspecified atom stereocenters. The topological polar surface area (TPSA) is 64.4 Å². The zero-order valence-corrected chi connectivity index (χ0v) is 12.9. The molecule has 1 N–H and O–H groups in total. The molecule has 0 saturated carbocycles. The van der Waals surface area contributed by atoms with E-state index in [0.29, 0.717) is 12.0 Å². The van der Waals surface area contributed by atoms with E-state index in [2.05, 4.69) is 34.8 Å². The van der Waals surface area contributed by atoms with Crippen LogP contribution < -0.4 is 5.32 Å². The fourth-order valence-electron chi connectivity index (χ4n) is 2.31. The molecule has 0 bridgehead atoms. The van der Waals surface area contributed by atoms with E-state index in [-0.39, 0.29) is 10.6 Å². The predicted octanol–water partition coefficient (Wildman–Crippen LogP) is 3.43. The van der Waals surface area contributed by atoms with E-state index in [9.17, 15) is 10.1 Å². The molecule has 5 nitrogen and oxygen atoms in total. The molecule has 1 atom stereocenters. The summed E-state index contributed by atoms with van der Waals surface area (Å²) >= 11 is 2.13. The van der Waals surface area contributed by atoms with Gasteiger partial charge in [0.1, 0.15) is 0 Å². The van der Waals surface area contributed by atoms with Crippen molar-refractivity contribution < 1.29 is 9.66 Å². The van der Waals surface area contributed by atoms with E-state index in [4.69, 9.17) is 4.74 Å². The Labute approximate surface area is 126 Å². The number of ether oxygens (including phenoxy) is 1. The number of non-ortho nitro benzene ring substituents is 1. The van der Waals surface area contributed by atoms with Crippen molar-refractivity contribution in [3.63, 3.8) is 0 Å². The fourth-order valence-corrected chi connectivity index (χ4v) is 2.97. The molecule has 1 aromatic rings. The van der Waals surface area contributed by atoms with Crippen LogP contribution in [0.2, 0.25) is 0 Å². The lowest BCUT2D eigenvalue weighted by Crippen LogP contribution is -2.31. The molecule has 0 amide bonds. The van der Waals surface area contributed by atoms with Gasteiger partial charge in [-0.25, -0.2) is 0 Å². The second kappa shape index (κ2) is 6.51. The van der Waals surface area contributed by atoms with E-state index in [0.717, 1.165) is 35.3 Å². The second-order valence-electron chi connectivity index (χ2n) is 4.80. The number of halogens is 1. The minimum absolute atomic E-state index is 0.133. The van der Waals surface area contributed by atoms with Crippen LogP contribution in [0, 0.1) is 19.6 Å². The van der Waals surface area contributed by atoms with Gasteiger partial charge in [-0.3, -0.25) is 10.1 Å². The number of anilines is 1. The monoisotopic (exact) mass is 376 g/mol. The lowest BCUT2D eigenvalue weighted by Gasteiger charge is -2.29. The summed E-state index contributed by atoms with van der Waals surface area (Å²) in [7, 11) is 0. The Kier molecular flexibility index (Phi) is 4.98. The van der Waals surface area contributed by atoms with Gasteiger partial charge in [-0.15, -0.1) is 0 Å². The summed E-state index contributed by atoms with van der Waals surface area (Å²) in [6.07, 6.45) is 2.13. The molecule has 2 rings (SSSR count). The summed E-state index contributed by atoms with van der Waals surface area (Å²) in [5.74, 6) is 0.597. The lowest BCUT2D eigenvalue weighted by atomic mass is 9.93. The summed E-state index contributed by atoms with van der Waals surface area (Å²) < 4.78 is 6.24. The van der Waals surface area contributed by atoms with Crippen molar-refractivity contribution in [1.29, 1.82) is 0 Å². The maximum atomic E-state index is 10.7.